The first-order valence-corrected chi connectivity index (χ1v) is 7.23. The van der Waals surface area contributed by atoms with Crippen molar-refractivity contribution in [1.82, 2.24) is 0 Å². The van der Waals surface area contributed by atoms with Gasteiger partial charge in [0, 0.05) is 12.8 Å². The highest BCUT2D eigenvalue weighted by Gasteiger charge is 2.18. The molecule has 0 bridgehead atoms. The molecule has 1 aliphatic rings. The number of hydrogen-bond acceptors (Lipinski definition) is 6. The molecule has 0 radical (unpaired) electrons. The molecular formula is C14H24O6. The van der Waals surface area contributed by atoms with Crippen LogP contribution in [0.2, 0.25) is 0 Å². The first kappa shape index (κ1) is 16.9. The van der Waals surface area contributed by atoms with Crippen LogP contribution in [0, 0.1) is 0 Å². The first-order valence-electron chi connectivity index (χ1n) is 7.23. The van der Waals surface area contributed by atoms with Crippen molar-refractivity contribution in [3.05, 3.63) is 0 Å². The minimum Gasteiger partial charge on any atom is -0.466 e. The van der Waals surface area contributed by atoms with Crippen molar-refractivity contribution in [3.8, 4) is 0 Å². The summed E-state index contributed by atoms with van der Waals surface area (Å²) in [7, 11) is 0. The summed E-state index contributed by atoms with van der Waals surface area (Å²) >= 11 is 0. The van der Waals surface area contributed by atoms with Crippen LogP contribution in [0.5, 0.6) is 0 Å². The van der Waals surface area contributed by atoms with Gasteiger partial charge in [0.2, 0.25) is 0 Å². The Morgan fingerprint density at radius 3 is 2.35 bits per heavy atom. The van der Waals surface area contributed by atoms with Gasteiger partial charge < -0.3 is 18.9 Å². The highest BCUT2D eigenvalue weighted by molar-refractivity contribution is 5.70. The Morgan fingerprint density at radius 2 is 1.70 bits per heavy atom. The molecule has 0 aromatic heterocycles. The molecule has 0 aliphatic carbocycles. The Labute approximate surface area is 119 Å². The van der Waals surface area contributed by atoms with Gasteiger partial charge in [0.1, 0.15) is 12.9 Å². The van der Waals surface area contributed by atoms with Gasteiger partial charge >= 0.3 is 11.9 Å². The number of carbonyl (C=O) groups excluding carboxylic acids is 2. The van der Waals surface area contributed by atoms with E-state index in [-0.39, 0.29) is 24.8 Å². The van der Waals surface area contributed by atoms with E-state index in [2.05, 4.69) is 0 Å². The number of hydrogen-bond donors (Lipinski definition) is 0. The number of rotatable bonds is 9. The maximum Gasteiger partial charge on any atom is 0.306 e. The molecular weight excluding hydrogens is 264 g/mol. The minimum absolute atomic E-state index is 0.194. The summed E-state index contributed by atoms with van der Waals surface area (Å²) in [5, 5.41) is 0. The first-order chi connectivity index (χ1) is 9.72. The SMILES string of the molecule is CCCCOC(=O)CCCCC(=O)OC1COCOC1. The lowest BCUT2D eigenvalue weighted by atomic mass is 10.2. The van der Waals surface area contributed by atoms with Gasteiger partial charge in [0.15, 0.2) is 0 Å². The van der Waals surface area contributed by atoms with Crippen LogP contribution in [0.25, 0.3) is 0 Å². The summed E-state index contributed by atoms with van der Waals surface area (Å²) < 4.78 is 20.2. The fraction of sp³-hybridized carbons (Fsp3) is 0.857. The van der Waals surface area contributed by atoms with E-state index in [0.29, 0.717) is 45.5 Å². The second kappa shape index (κ2) is 10.6. The predicted molar refractivity (Wildman–Crippen MR) is 71.0 cm³/mol. The topological polar surface area (TPSA) is 71.1 Å². The Bertz CT molecular complexity index is 285. The van der Waals surface area contributed by atoms with E-state index in [1.165, 1.54) is 0 Å². The van der Waals surface area contributed by atoms with E-state index in [1.54, 1.807) is 0 Å². The lowest BCUT2D eigenvalue weighted by Gasteiger charge is -2.22. The zero-order valence-electron chi connectivity index (χ0n) is 12.1. The summed E-state index contributed by atoms with van der Waals surface area (Å²) in [6.07, 6.45) is 3.51. The molecule has 0 amide bonds. The molecule has 0 aromatic rings. The molecule has 1 aliphatic heterocycles. The van der Waals surface area contributed by atoms with E-state index in [9.17, 15) is 9.59 Å². The zero-order chi connectivity index (χ0) is 14.6. The molecule has 0 spiro atoms. The van der Waals surface area contributed by atoms with Crippen molar-refractivity contribution in [2.75, 3.05) is 26.6 Å². The van der Waals surface area contributed by atoms with Crippen molar-refractivity contribution in [3.63, 3.8) is 0 Å². The maximum absolute atomic E-state index is 11.5. The summed E-state index contributed by atoms with van der Waals surface area (Å²) in [5.74, 6) is -0.468. The molecule has 0 N–H and O–H groups in total. The van der Waals surface area contributed by atoms with Gasteiger partial charge in [0.05, 0.1) is 19.8 Å². The number of carbonyl (C=O) groups is 2. The Morgan fingerprint density at radius 1 is 1.05 bits per heavy atom. The lowest BCUT2D eigenvalue weighted by molar-refractivity contribution is -0.183. The lowest BCUT2D eigenvalue weighted by Crippen LogP contribution is -2.33. The van der Waals surface area contributed by atoms with Gasteiger partial charge in [-0.05, 0) is 19.3 Å². The molecule has 6 heteroatoms. The third-order valence-corrected chi connectivity index (χ3v) is 2.85. The van der Waals surface area contributed by atoms with Gasteiger partial charge in [-0.2, -0.15) is 0 Å². The quantitative estimate of drug-likeness (QED) is 0.476. The molecule has 1 rings (SSSR count). The average molecular weight is 288 g/mol. The van der Waals surface area contributed by atoms with Crippen LogP contribution >= 0.6 is 0 Å². The average Bonchev–Trinajstić information content (AvgIpc) is 2.45. The Hall–Kier alpha value is -1.14. The summed E-state index contributed by atoms with van der Waals surface area (Å²) in [4.78, 5) is 22.8. The van der Waals surface area contributed by atoms with Crippen LogP contribution < -0.4 is 0 Å². The van der Waals surface area contributed by atoms with E-state index in [0.717, 1.165) is 12.8 Å². The third kappa shape index (κ3) is 8.12. The number of ether oxygens (including phenoxy) is 4. The molecule has 1 fully saturated rings. The van der Waals surface area contributed by atoms with Crippen molar-refractivity contribution >= 4 is 11.9 Å². The second-order valence-electron chi connectivity index (χ2n) is 4.75. The smallest absolute Gasteiger partial charge is 0.306 e. The molecule has 116 valence electrons. The van der Waals surface area contributed by atoms with Gasteiger partial charge in [-0.15, -0.1) is 0 Å². The third-order valence-electron chi connectivity index (χ3n) is 2.85. The zero-order valence-corrected chi connectivity index (χ0v) is 12.1. The standard InChI is InChI=1S/C14H24O6/c1-2-3-8-19-13(15)6-4-5-7-14(16)20-12-9-17-11-18-10-12/h12H,2-11H2,1H3. The number of esters is 2. The van der Waals surface area contributed by atoms with Crippen molar-refractivity contribution in [2.45, 2.75) is 51.6 Å². The molecule has 0 saturated carbocycles. The molecule has 6 nitrogen and oxygen atoms in total. The molecule has 1 heterocycles. The second-order valence-corrected chi connectivity index (χ2v) is 4.75. The fourth-order valence-electron chi connectivity index (χ4n) is 1.72. The van der Waals surface area contributed by atoms with Gasteiger partial charge in [-0.1, -0.05) is 13.3 Å². The van der Waals surface area contributed by atoms with Gasteiger partial charge in [0.25, 0.3) is 0 Å². The maximum atomic E-state index is 11.5. The number of unbranched alkanes of at least 4 members (excludes halogenated alkanes) is 2. The largest absolute Gasteiger partial charge is 0.466 e. The van der Waals surface area contributed by atoms with Crippen LogP contribution in [0.15, 0.2) is 0 Å². The van der Waals surface area contributed by atoms with Crippen LogP contribution in [0.1, 0.15) is 45.4 Å². The Balaban J connectivity index is 1.97. The van der Waals surface area contributed by atoms with Crippen LogP contribution in [-0.2, 0) is 28.5 Å². The predicted octanol–water partition coefficient (Wildman–Crippen LogP) is 1.81. The van der Waals surface area contributed by atoms with E-state index in [4.69, 9.17) is 18.9 Å². The van der Waals surface area contributed by atoms with Crippen molar-refractivity contribution in [1.29, 1.82) is 0 Å². The Kier molecular flexibility index (Phi) is 8.98. The van der Waals surface area contributed by atoms with Crippen LogP contribution in [0.4, 0.5) is 0 Å². The van der Waals surface area contributed by atoms with E-state index in [1.807, 2.05) is 6.92 Å². The van der Waals surface area contributed by atoms with Crippen LogP contribution in [-0.4, -0.2) is 44.7 Å². The normalized spacial score (nSPS) is 15.8. The molecule has 0 aromatic carbocycles. The van der Waals surface area contributed by atoms with Gasteiger partial charge in [-0.25, -0.2) is 0 Å². The monoisotopic (exact) mass is 288 g/mol. The van der Waals surface area contributed by atoms with Crippen molar-refractivity contribution < 1.29 is 28.5 Å². The highest BCUT2D eigenvalue weighted by Crippen LogP contribution is 2.07. The highest BCUT2D eigenvalue weighted by atomic mass is 16.7. The fourth-order valence-corrected chi connectivity index (χ4v) is 1.72. The molecule has 1 saturated heterocycles. The summed E-state index contributed by atoms with van der Waals surface area (Å²) in [6.45, 7) is 3.56. The molecule has 0 atom stereocenters. The summed E-state index contributed by atoms with van der Waals surface area (Å²) in [5.41, 5.74) is 0. The van der Waals surface area contributed by atoms with E-state index < -0.39 is 0 Å². The molecule has 20 heavy (non-hydrogen) atoms. The van der Waals surface area contributed by atoms with Crippen LogP contribution in [0.3, 0.4) is 0 Å². The minimum atomic E-state index is -0.310. The summed E-state index contributed by atoms with van der Waals surface area (Å²) in [6, 6.07) is 0. The molecule has 0 unspecified atom stereocenters. The van der Waals surface area contributed by atoms with Crippen molar-refractivity contribution in [2.24, 2.45) is 0 Å². The van der Waals surface area contributed by atoms with Gasteiger partial charge in [-0.3, -0.25) is 9.59 Å². The van der Waals surface area contributed by atoms with E-state index >= 15 is 0 Å².